The van der Waals surface area contributed by atoms with Crippen LogP contribution in [0.15, 0.2) is 47.4 Å². The van der Waals surface area contributed by atoms with Crippen LogP contribution < -0.4 is 4.90 Å². The smallest absolute Gasteiger partial charge is 0.295 e. The fourth-order valence-electron chi connectivity index (χ4n) is 3.10. The third-order valence-electron chi connectivity index (χ3n) is 4.55. The number of carbonyl (C=O) groups is 1. The Morgan fingerprint density at radius 2 is 1.79 bits per heavy atom. The van der Waals surface area contributed by atoms with Crippen molar-refractivity contribution in [2.75, 3.05) is 37.3 Å². The van der Waals surface area contributed by atoms with Crippen molar-refractivity contribution in [3.8, 4) is 0 Å². The molecular weight excluding hydrogens is 389 g/mol. The van der Waals surface area contributed by atoms with Crippen molar-refractivity contribution in [3.63, 3.8) is 0 Å². The van der Waals surface area contributed by atoms with E-state index in [-0.39, 0.29) is 22.1 Å². The Labute approximate surface area is 161 Å². The van der Waals surface area contributed by atoms with Crippen LogP contribution in [-0.4, -0.2) is 56.6 Å². The average Bonchev–Trinajstić information content (AvgIpc) is 2.67. The van der Waals surface area contributed by atoms with Gasteiger partial charge in [0.2, 0.25) is 0 Å². The predicted octanol–water partition coefficient (Wildman–Crippen LogP) is 2.10. The molecule has 1 amide bonds. The molecule has 2 aromatic rings. The highest BCUT2D eigenvalue weighted by Gasteiger charge is 2.27. The molecule has 0 spiro atoms. The lowest BCUT2D eigenvalue weighted by Crippen LogP contribution is -2.49. The number of rotatable bonds is 4. The van der Waals surface area contributed by atoms with Gasteiger partial charge in [-0.25, -0.2) is 12.8 Å². The van der Waals surface area contributed by atoms with Crippen LogP contribution in [0.4, 0.5) is 15.8 Å². The number of anilines is 1. The number of sulfone groups is 1. The number of carbonyl (C=O) groups excluding carboxylic acids is 1. The third-order valence-corrected chi connectivity index (χ3v) is 5.66. The normalized spacial score (nSPS) is 14.8. The summed E-state index contributed by atoms with van der Waals surface area (Å²) >= 11 is 0. The summed E-state index contributed by atoms with van der Waals surface area (Å²) in [4.78, 5) is 26.6. The number of nitrogens with zero attached hydrogens (tertiary/aromatic N) is 3. The van der Waals surface area contributed by atoms with Gasteiger partial charge < -0.3 is 9.80 Å². The van der Waals surface area contributed by atoms with Crippen LogP contribution in [0.1, 0.15) is 10.4 Å². The SMILES string of the molecule is CS(=O)(=O)c1cccc(C(=O)N2CCN(c3ccc(F)cc3[N+](=O)[O-])CC2)c1. The molecule has 1 saturated heterocycles. The summed E-state index contributed by atoms with van der Waals surface area (Å²) in [6.45, 7) is 1.28. The average molecular weight is 407 g/mol. The number of halogens is 1. The van der Waals surface area contributed by atoms with Crippen LogP contribution in [0, 0.1) is 15.9 Å². The van der Waals surface area contributed by atoms with Gasteiger partial charge in [0.25, 0.3) is 11.6 Å². The van der Waals surface area contributed by atoms with E-state index in [1.165, 1.54) is 24.3 Å². The van der Waals surface area contributed by atoms with Crippen LogP contribution in [0.2, 0.25) is 0 Å². The second-order valence-corrected chi connectivity index (χ2v) is 8.49. The van der Waals surface area contributed by atoms with Gasteiger partial charge in [-0.05, 0) is 30.3 Å². The Bertz CT molecular complexity index is 1030. The fraction of sp³-hybridized carbons (Fsp3) is 0.278. The molecule has 3 rings (SSSR count). The lowest BCUT2D eigenvalue weighted by atomic mass is 10.1. The first-order chi connectivity index (χ1) is 13.2. The molecule has 1 fully saturated rings. The zero-order chi connectivity index (χ0) is 20.5. The molecule has 1 aliphatic rings. The maximum atomic E-state index is 13.3. The molecule has 1 heterocycles. The summed E-state index contributed by atoms with van der Waals surface area (Å²) in [7, 11) is -3.42. The zero-order valence-corrected chi connectivity index (χ0v) is 15.9. The number of piperazine rings is 1. The Morgan fingerprint density at radius 3 is 2.39 bits per heavy atom. The van der Waals surface area contributed by atoms with Crippen LogP contribution in [0.5, 0.6) is 0 Å². The van der Waals surface area contributed by atoms with Gasteiger partial charge in [0, 0.05) is 38.0 Å². The number of hydrogen-bond acceptors (Lipinski definition) is 6. The molecule has 148 valence electrons. The van der Waals surface area contributed by atoms with E-state index < -0.39 is 20.6 Å². The first kappa shape index (κ1) is 19.7. The first-order valence-corrected chi connectivity index (χ1v) is 10.3. The summed E-state index contributed by atoms with van der Waals surface area (Å²) in [6, 6.07) is 9.24. The van der Waals surface area contributed by atoms with Crippen molar-refractivity contribution in [1.82, 2.24) is 4.90 Å². The van der Waals surface area contributed by atoms with Gasteiger partial charge in [-0.2, -0.15) is 0 Å². The van der Waals surface area contributed by atoms with E-state index in [4.69, 9.17) is 0 Å². The second kappa shape index (κ2) is 7.55. The van der Waals surface area contributed by atoms with E-state index in [0.717, 1.165) is 18.4 Å². The highest BCUT2D eigenvalue weighted by molar-refractivity contribution is 7.90. The van der Waals surface area contributed by atoms with Crippen molar-refractivity contribution in [3.05, 3.63) is 64.0 Å². The fourth-order valence-corrected chi connectivity index (χ4v) is 3.77. The highest BCUT2D eigenvalue weighted by atomic mass is 32.2. The predicted molar refractivity (Wildman–Crippen MR) is 101 cm³/mol. The van der Waals surface area contributed by atoms with Gasteiger partial charge >= 0.3 is 0 Å². The van der Waals surface area contributed by atoms with Crippen molar-refractivity contribution in [2.24, 2.45) is 0 Å². The number of benzene rings is 2. The number of hydrogen-bond donors (Lipinski definition) is 0. The van der Waals surface area contributed by atoms with E-state index in [0.29, 0.717) is 31.9 Å². The standard InChI is InChI=1S/C18H18FN3O5S/c1-28(26,27)15-4-2-3-13(11-15)18(23)21-9-7-20(8-10-21)16-6-5-14(19)12-17(16)22(24)25/h2-6,11-12H,7-10H2,1H3. The molecule has 2 aromatic carbocycles. The van der Waals surface area contributed by atoms with E-state index in [9.17, 15) is 27.7 Å². The van der Waals surface area contributed by atoms with E-state index in [1.54, 1.807) is 15.9 Å². The van der Waals surface area contributed by atoms with Crippen molar-refractivity contribution in [2.45, 2.75) is 4.90 Å². The Balaban J connectivity index is 1.74. The van der Waals surface area contributed by atoms with E-state index >= 15 is 0 Å². The summed E-state index contributed by atoms with van der Waals surface area (Å²) in [6.07, 6.45) is 1.07. The highest BCUT2D eigenvalue weighted by Crippen LogP contribution is 2.29. The largest absolute Gasteiger partial charge is 0.362 e. The first-order valence-electron chi connectivity index (χ1n) is 8.45. The van der Waals surface area contributed by atoms with Crippen LogP contribution in [-0.2, 0) is 9.84 Å². The molecule has 8 nitrogen and oxygen atoms in total. The van der Waals surface area contributed by atoms with E-state index in [1.807, 2.05) is 0 Å². The summed E-state index contributed by atoms with van der Waals surface area (Å²) in [5.41, 5.74) is 0.252. The van der Waals surface area contributed by atoms with Gasteiger partial charge in [-0.15, -0.1) is 0 Å². The molecule has 0 atom stereocenters. The second-order valence-electron chi connectivity index (χ2n) is 6.47. The zero-order valence-electron chi connectivity index (χ0n) is 15.0. The minimum Gasteiger partial charge on any atom is -0.362 e. The van der Waals surface area contributed by atoms with Gasteiger partial charge in [0.05, 0.1) is 15.9 Å². The van der Waals surface area contributed by atoms with Crippen molar-refractivity contribution < 1.29 is 22.5 Å². The molecule has 28 heavy (non-hydrogen) atoms. The van der Waals surface area contributed by atoms with Crippen molar-refractivity contribution >= 4 is 27.1 Å². The Kier molecular flexibility index (Phi) is 5.32. The lowest BCUT2D eigenvalue weighted by molar-refractivity contribution is -0.384. The van der Waals surface area contributed by atoms with Crippen LogP contribution in [0.3, 0.4) is 0 Å². The molecule has 0 saturated carbocycles. The number of amides is 1. The van der Waals surface area contributed by atoms with E-state index in [2.05, 4.69) is 0 Å². The lowest BCUT2D eigenvalue weighted by Gasteiger charge is -2.35. The van der Waals surface area contributed by atoms with Gasteiger partial charge in [-0.1, -0.05) is 6.07 Å². The molecule has 0 aliphatic carbocycles. The molecule has 0 N–H and O–H groups in total. The van der Waals surface area contributed by atoms with Crippen LogP contribution in [0.25, 0.3) is 0 Å². The summed E-state index contributed by atoms with van der Waals surface area (Å²) < 4.78 is 36.7. The minimum absolute atomic E-state index is 0.0684. The number of nitro groups is 1. The molecule has 0 radical (unpaired) electrons. The molecule has 0 bridgehead atoms. The summed E-state index contributed by atoms with van der Waals surface area (Å²) in [5, 5.41) is 11.2. The monoisotopic (exact) mass is 407 g/mol. The van der Waals surface area contributed by atoms with Crippen molar-refractivity contribution in [1.29, 1.82) is 0 Å². The molecule has 10 heteroatoms. The van der Waals surface area contributed by atoms with Gasteiger partial charge in [0.1, 0.15) is 11.5 Å². The molecule has 0 unspecified atom stereocenters. The van der Waals surface area contributed by atoms with Gasteiger partial charge in [-0.3, -0.25) is 14.9 Å². The molecule has 1 aliphatic heterocycles. The third kappa shape index (κ3) is 4.11. The topological polar surface area (TPSA) is 101 Å². The maximum absolute atomic E-state index is 13.3. The quantitative estimate of drug-likeness (QED) is 0.568. The number of nitro benzene ring substituents is 1. The molecule has 0 aromatic heterocycles. The van der Waals surface area contributed by atoms with Crippen LogP contribution >= 0.6 is 0 Å². The maximum Gasteiger partial charge on any atom is 0.295 e. The molecular formula is C18H18FN3O5S. The summed E-state index contributed by atoms with van der Waals surface area (Å²) in [5.74, 6) is -0.992. The minimum atomic E-state index is -3.42. The Hall–Kier alpha value is -3.01. The van der Waals surface area contributed by atoms with Gasteiger partial charge in [0.15, 0.2) is 9.84 Å². The Morgan fingerprint density at radius 1 is 1.11 bits per heavy atom.